The van der Waals surface area contributed by atoms with Crippen LogP contribution in [-0.4, -0.2) is 12.2 Å². The second kappa shape index (κ2) is 3.52. The topological polar surface area (TPSA) is 27.7 Å². The second-order valence-electron chi connectivity index (χ2n) is 3.68. The highest BCUT2D eigenvalue weighted by Crippen LogP contribution is 2.26. The average molecular weight is 160 g/mol. The quantitative estimate of drug-likeness (QED) is 0.578. The van der Waals surface area contributed by atoms with Crippen molar-refractivity contribution < 1.29 is 14.8 Å². The van der Waals surface area contributed by atoms with Crippen molar-refractivity contribution in [3.8, 4) is 0 Å². The van der Waals surface area contributed by atoms with E-state index in [0.29, 0.717) is 11.8 Å². The summed E-state index contributed by atoms with van der Waals surface area (Å²) in [5.74, 6) is 0.870. The minimum absolute atomic E-state index is 0.0787. The summed E-state index contributed by atoms with van der Waals surface area (Å²) in [6.45, 7) is 8.38. The van der Waals surface area contributed by atoms with E-state index in [9.17, 15) is 0 Å². The Bertz CT molecular complexity index is 109. The molecule has 0 bridgehead atoms. The van der Waals surface area contributed by atoms with Crippen molar-refractivity contribution in [2.75, 3.05) is 0 Å². The van der Waals surface area contributed by atoms with E-state index in [2.05, 4.69) is 32.7 Å². The molecule has 3 heteroatoms. The molecular weight excluding hydrogens is 144 g/mol. The van der Waals surface area contributed by atoms with Gasteiger partial charge in [0.1, 0.15) is 12.2 Å². The summed E-state index contributed by atoms with van der Waals surface area (Å²) in [7, 11) is 0. The lowest BCUT2D eigenvalue weighted by atomic mass is 9.94. The SMILES string of the molecule is CC(C)[C@@H]1OOO[C@H]1C(C)C. The van der Waals surface area contributed by atoms with Gasteiger partial charge in [-0.3, -0.25) is 0 Å². The Kier molecular flexibility index (Phi) is 2.87. The van der Waals surface area contributed by atoms with Crippen molar-refractivity contribution in [3.63, 3.8) is 0 Å². The maximum absolute atomic E-state index is 4.97. The zero-order valence-corrected chi connectivity index (χ0v) is 7.53. The van der Waals surface area contributed by atoms with E-state index in [-0.39, 0.29) is 12.2 Å². The molecule has 1 aliphatic heterocycles. The molecule has 11 heavy (non-hydrogen) atoms. The first kappa shape index (κ1) is 8.97. The molecule has 0 aromatic carbocycles. The standard InChI is InChI=1S/C8H16O3/c1-5(2)7-8(6(3)4)10-11-9-7/h5-8H,1-4H3/t7-,8-/m0/s1. The highest BCUT2D eigenvalue weighted by atomic mass is 17.5. The molecule has 0 unspecified atom stereocenters. The lowest BCUT2D eigenvalue weighted by molar-refractivity contribution is -0.468. The fourth-order valence-electron chi connectivity index (χ4n) is 1.20. The predicted octanol–water partition coefficient (Wildman–Crippen LogP) is 1.93. The van der Waals surface area contributed by atoms with Crippen molar-refractivity contribution in [1.82, 2.24) is 0 Å². The fraction of sp³-hybridized carbons (Fsp3) is 1.00. The van der Waals surface area contributed by atoms with Crippen LogP contribution in [0.3, 0.4) is 0 Å². The summed E-state index contributed by atoms with van der Waals surface area (Å²) in [5, 5.41) is 4.49. The molecule has 1 rings (SSSR count). The van der Waals surface area contributed by atoms with Gasteiger partial charge in [-0.1, -0.05) is 32.7 Å². The molecule has 0 aromatic rings. The van der Waals surface area contributed by atoms with Crippen LogP contribution in [0.1, 0.15) is 27.7 Å². The van der Waals surface area contributed by atoms with Crippen LogP contribution in [0.4, 0.5) is 0 Å². The third-order valence-corrected chi connectivity index (χ3v) is 1.94. The molecule has 0 radical (unpaired) electrons. The van der Waals surface area contributed by atoms with Gasteiger partial charge in [0.05, 0.1) is 0 Å². The molecular formula is C8H16O3. The third-order valence-electron chi connectivity index (χ3n) is 1.94. The van der Waals surface area contributed by atoms with Crippen LogP contribution in [-0.2, 0) is 14.8 Å². The number of hydrogen-bond donors (Lipinski definition) is 0. The van der Waals surface area contributed by atoms with E-state index < -0.39 is 0 Å². The van der Waals surface area contributed by atoms with E-state index in [4.69, 9.17) is 9.78 Å². The first-order valence-electron chi connectivity index (χ1n) is 4.11. The molecule has 0 aromatic heterocycles. The molecule has 1 saturated heterocycles. The number of hydrogen-bond acceptors (Lipinski definition) is 3. The molecule has 1 aliphatic rings. The summed E-state index contributed by atoms with van der Waals surface area (Å²) in [5.41, 5.74) is 0. The fourth-order valence-corrected chi connectivity index (χ4v) is 1.20. The normalized spacial score (nSPS) is 32.2. The van der Waals surface area contributed by atoms with Gasteiger partial charge in [0, 0.05) is 0 Å². The smallest absolute Gasteiger partial charge is 0.128 e. The van der Waals surface area contributed by atoms with Gasteiger partial charge < -0.3 is 0 Å². The Morgan fingerprint density at radius 3 is 1.45 bits per heavy atom. The molecule has 0 saturated carbocycles. The van der Waals surface area contributed by atoms with Crippen LogP contribution in [0.15, 0.2) is 0 Å². The van der Waals surface area contributed by atoms with Gasteiger partial charge >= 0.3 is 0 Å². The van der Waals surface area contributed by atoms with Gasteiger partial charge in [0.25, 0.3) is 0 Å². The summed E-state index contributed by atoms with van der Waals surface area (Å²) in [6, 6.07) is 0. The van der Waals surface area contributed by atoms with Crippen molar-refractivity contribution in [2.24, 2.45) is 11.8 Å². The van der Waals surface area contributed by atoms with E-state index in [1.165, 1.54) is 0 Å². The van der Waals surface area contributed by atoms with Gasteiger partial charge in [0.2, 0.25) is 0 Å². The summed E-state index contributed by atoms with van der Waals surface area (Å²) >= 11 is 0. The lowest BCUT2D eigenvalue weighted by Gasteiger charge is -2.19. The Hall–Kier alpha value is -0.120. The average Bonchev–Trinajstić information content (AvgIpc) is 2.32. The van der Waals surface area contributed by atoms with Crippen molar-refractivity contribution in [3.05, 3.63) is 0 Å². The maximum atomic E-state index is 4.97. The minimum atomic E-state index is 0.0787. The molecule has 3 nitrogen and oxygen atoms in total. The molecule has 0 aliphatic carbocycles. The van der Waals surface area contributed by atoms with Crippen LogP contribution in [0, 0.1) is 11.8 Å². The zero-order chi connectivity index (χ0) is 8.43. The van der Waals surface area contributed by atoms with Crippen LogP contribution >= 0.6 is 0 Å². The predicted molar refractivity (Wildman–Crippen MR) is 40.5 cm³/mol. The molecule has 1 heterocycles. The van der Waals surface area contributed by atoms with Gasteiger partial charge in [-0.25, -0.2) is 0 Å². The van der Waals surface area contributed by atoms with Crippen molar-refractivity contribution in [1.29, 1.82) is 0 Å². The molecule has 0 N–H and O–H groups in total. The minimum Gasteiger partial charge on any atom is -0.200 e. The highest BCUT2D eigenvalue weighted by Gasteiger charge is 2.36. The van der Waals surface area contributed by atoms with Crippen molar-refractivity contribution >= 4 is 0 Å². The first-order chi connectivity index (χ1) is 5.13. The second-order valence-corrected chi connectivity index (χ2v) is 3.68. The third kappa shape index (κ3) is 1.92. The van der Waals surface area contributed by atoms with Crippen molar-refractivity contribution in [2.45, 2.75) is 39.9 Å². The van der Waals surface area contributed by atoms with Gasteiger partial charge in [-0.05, 0) is 11.8 Å². The molecule has 2 atom stereocenters. The Morgan fingerprint density at radius 2 is 1.18 bits per heavy atom. The monoisotopic (exact) mass is 160 g/mol. The van der Waals surface area contributed by atoms with E-state index in [1.54, 1.807) is 0 Å². The van der Waals surface area contributed by atoms with Gasteiger partial charge in [-0.15, -0.1) is 0 Å². The van der Waals surface area contributed by atoms with Gasteiger partial charge in [0.15, 0.2) is 0 Å². The van der Waals surface area contributed by atoms with E-state index >= 15 is 0 Å². The maximum Gasteiger partial charge on any atom is 0.128 e. The Labute approximate surface area is 67.5 Å². The van der Waals surface area contributed by atoms with Crippen LogP contribution in [0.2, 0.25) is 0 Å². The molecule has 66 valence electrons. The van der Waals surface area contributed by atoms with Crippen LogP contribution in [0.25, 0.3) is 0 Å². The summed E-state index contributed by atoms with van der Waals surface area (Å²) in [4.78, 5) is 9.93. The van der Waals surface area contributed by atoms with Crippen LogP contribution < -0.4 is 0 Å². The Balaban J connectivity index is 2.51. The molecule has 0 amide bonds. The highest BCUT2D eigenvalue weighted by molar-refractivity contribution is 4.76. The van der Waals surface area contributed by atoms with Crippen LogP contribution in [0.5, 0.6) is 0 Å². The lowest BCUT2D eigenvalue weighted by Crippen LogP contribution is -2.31. The molecule has 1 fully saturated rings. The first-order valence-corrected chi connectivity index (χ1v) is 4.11. The van der Waals surface area contributed by atoms with E-state index in [0.717, 1.165) is 0 Å². The number of rotatable bonds is 2. The largest absolute Gasteiger partial charge is 0.200 e. The Morgan fingerprint density at radius 1 is 0.818 bits per heavy atom. The van der Waals surface area contributed by atoms with Gasteiger partial charge in [-0.2, -0.15) is 9.78 Å². The molecule has 0 spiro atoms. The zero-order valence-electron chi connectivity index (χ0n) is 7.53. The van der Waals surface area contributed by atoms with E-state index in [1.807, 2.05) is 0 Å². The summed E-state index contributed by atoms with van der Waals surface area (Å²) < 4.78 is 0. The summed E-state index contributed by atoms with van der Waals surface area (Å²) in [6.07, 6.45) is 0.157.